The SMILES string of the molecule is CCCCN1C=CN(C=Cc2ccccc2)C1. The summed E-state index contributed by atoms with van der Waals surface area (Å²) in [6.45, 7) is 4.36. The fourth-order valence-corrected chi connectivity index (χ4v) is 1.83. The van der Waals surface area contributed by atoms with Crippen molar-refractivity contribution in [2.24, 2.45) is 0 Å². The van der Waals surface area contributed by atoms with E-state index in [9.17, 15) is 0 Å². The molecule has 1 aromatic rings. The Labute approximate surface area is 104 Å². The standard InChI is InChI=1S/C15H20N2/c1-2-3-10-16-12-13-17(14-16)11-9-15-7-5-4-6-8-15/h4-9,11-13H,2-3,10,14H2,1H3. The molecule has 17 heavy (non-hydrogen) atoms. The number of hydrogen-bond acceptors (Lipinski definition) is 2. The molecule has 0 saturated heterocycles. The molecule has 0 amide bonds. The van der Waals surface area contributed by atoms with Gasteiger partial charge in [0.2, 0.25) is 0 Å². The Bertz CT molecular complexity index is 381. The van der Waals surface area contributed by atoms with E-state index < -0.39 is 0 Å². The molecule has 90 valence electrons. The maximum absolute atomic E-state index is 2.35. The van der Waals surface area contributed by atoms with Crippen LogP contribution in [0.2, 0.25) is 0 Å². The lowest BCUT2D eigenvalue weighted by molar-refractivity contribution is 0.311. The van der Waals surface area contributed by atoms with Crippen LogP contribution in [0, 0.1) is 0 Å². The molecule has 1 heterocycles. The summed E-state index contributed by atoms with van der Waals surface area (Å²) in [6.07, 6.45) is 11.1. The second-order valence-corrected chi connectivity index (χ2v) is 4.35. The molecule has 0 unspecified atom stereocenters. The Hall–Kier alpha value is -1.70. The molecule has 0 spiro atoms. The van der Waals surface area contributed by atoms with E-state index in [1.165, 1.54) is 18.4 Å². The molecule has 0 bridgehead atoms. The smallest absolute Gasteiger partial charge is 0.0936 e. The minimum Gasteiger partial charge on any atom is -0.358 e. The lowest BCUT2D eigenvalue weighted by Gasteiger charge is -2.18. The average Bonchev–Trinajstić information content (AvgIpc) is 2.83. The first-order valence-electron chi connectivity index (χ1n) is 6.30. The number of benzene rings is 1. The van der Waals surface area contributed by atoms with Crippen LogP contribution >= 0.6 is 0 Å². The van der Waals surface area contributed by atoms with E-state index in [1.54, 1.807) is 0 Å². The number of hydrogen-bond donors (Lipinski definition) is 0. The Morgan fingerprint density at radius 2 is 2.00 bits per heavy atom. The van der Waals surface area contributed by atoms with Crippen LogP contribution in [0.5, 0.6) is 0 Å². The largest absolute Gasteiger partial charge is 0.358 e. The second-order valence-electron chi connectivity index (χ2n) is 4.35. The zero-order valence-corrected chi connectivity index (χ0v) is 10.4. The third-order valence-electron chi connectivity index (χ3n) is 2.87. The van der Waals surface area contributed by atoms with E-state index >= 15 is 0 Å². The molecule has 2 nitrogen and oxygen atoms in total. The van der Waals surface area contributed by atoms with E-state index in [0.29, 0.717) is 0 Å². The molecule has 0 saturated carbocycles. The minimum atomic E-state index is 0.976. The molecule has 2 rings (SSSR count). The van der Waals surface area contributed by atoms with Gasteiger partial charge in [-0.15, -0.1) is 0 Å². The quantitative estimate of drug-likeness (QED) is 0.761. The zero-order valence-electron chi connectivity index (χ0n) is 10.4. The maximum atomic E-state index is 2.35. The van der Waals surface area contributed by atoms with Crippen molar-refractivity contribution in [2.75, 3.05) is 13.2 Å². The highest BCUT2D eigenvalue weighted by Crippen LogP contribution is 2.10. The van der Waals surface area contributed by atoms with Crippen LogP contribution in [-0.2, 0) is 0 Å². The van der Waals surface area contributed by atoms with Gasteiger partial charge in [-0.2, -0.15) is 0 Å². The van der Waals surface area contributed by atoms with Gasteiger partial charge in [0, 0.05) is 25.1 Å². The molecule has 0 aliphatic carbocycles. The van der Waals surface area contributed by atoms with E-state index in [1.807, 2.05) is 6.07 Å². The van der Waals surface area contributed by atoms with Crippen LogP contribution in [-0.4, -0.2) is 23.0 Å². The zero-order chi connectivity index (χ0) is 11.9. The number of nitrogens with zero attached hydrogens (tertiary/aromatic N) is 2. The third-order valence-corrected chi connectivity index (χ3v) is 2.87. The molecular formula is C15H20N2. The van der Waals surface area contributed by atoms with E-state index in [4.69, 9.17) is 0 Å². The minimum absolute atomic E-state index is 0.976. The van der Waals surface area contributed by atoms with Crippen LogP contribution < -0.4 is 0 Å². The topological polar surface area (TPSA) is 6.48 Å². The van der Waals surface area contributed by atoms with Gasteiger partial charge in [-0.1, -0.05) is 43.7 Å². The lowest BCUT2D eigenvalue weighted by atomic mass is 10.2. The van der Waals surface area contributed by atoms with Crippen molar-refractivity contribution in [1.29, 1.82) is 0 Å². The molecule has 0 aromatic heterocycles. The van der Waals surface area contributed by atoms with Gasteiger partial charge < -0.3 is 9.80 Å². The van der Waals surface area contributed by atoms with Crippen molar-refractivity contribution in [3.05, 3.63) is 54.5 Å². The van der Waals surface area contributed by atoms with Gasteiger partial charge in [-0.3, -0.25) is 0 Å². The Morgan fingerprint density at radius 3 is 2.76 bits per heavy atom. The fourth-order valence-electron chi connectivity index (χ4n) is 1.83. The van der Waals surface area contributed by atoms with Crippen LogP contribution in [0.3, 0.4) is 0 Å². The third kappa shape index (κ3) is 3.66. The fraction of sp³-hybridized carbons (Fsp3) is 0.333. The summed E-state index contributed by atoms with van der Waals surface area (Å²) in [5.74, 6) is 0. The highest BCUT2D eigenvalue weighted by molar-refractivity contribution is 5.48. The average molecular weight is 228 g/mol. The van der Waals surface area contributed by atoms with Crippen molar-refractivity contribution in [1.82, 2.24) is 9.80 Å². The molecule has 1 aromatic carbocycles. The van der Waals surface area contributed by atoms with Crippen LogP contribution in [0.1, 0.15) is 25.3 Å². The van der Waals surface area contributed by atoms with E-state index in [2.05, 4.69) is 65.7 Å². The summed E-state index contributed by atoms with van der Waals surface area (Å²) in [7, 11) is 0. The summed E-state index contributed by atoms with van der Waals surface area (Å²) in [4.78, 5) is 4.56. The van der Waals surface area contributed by atoms with Gasteiger partial charge in [-0.25, -0.2) is 0 Å². The highest BCUT2D eigenvalue weighted by Gasteiger charge is 2.08. The van der Waals surface area contributed by atoms with Crippen LogP contribution in [0.4, 0.5) is 0 Å². The van der Waals surface area contributed by atoms with Gasteiger partial charge in [0.25, 0.3) is 0 Å². The molecule has 0 N–H and O–H groups in total. The van der Waals surface area contributed by atoms with Crippen LogP contribution in [0.25, 0.3) is 6.08 Å². The van der Waals surface area contributed by atoms with Gasteiger partial charge in [0.15, 0.2) is 0 Å². The first kappa shape index (κ1) is 11.8. The molecule has 0 radical (unpaired) electrons. The molecule has 2 heteroatoms. The summed E-state index contributed by atoms with van der Waals surface area (Å²) in [6, 6.07) is 10.4. The van der Waals surface area contributed by atoms with Gasteiger partial charge in [0.1, 0.15) is 0 Å². The summed E-state index contributed by atoms with van der Waals surface area (Å²) >= 11 is 0. The molecule has 0 fully saturated rings. The number of unbranched alkanes of at least 4 members (excludes halogenated alkanes) is 1. The Morgan fingerprint density at radius 1 is 1.18 bits per heavy atom. The predicted octanol–water partition coefficient (Wildman–Crippen LogP) is 3.50. The maximum Gasteiger partial charge on any atom is 0.0936 e. The van der Waals surface area contributed by atoms with Crippen molar-refractivity contribution in [3.8, 4) is 0 Å². The Kier molecular flexibility index (Phi) is 4.25. The summed E-state index contributed by atoms with van der Waals surface area (Å²) in [5.41, 5.74) is 1.24. The van der Waals surface area contributed by atoms with Gasteiger partial charge >= 0.3 is 0 Å². The molecule has 1 aliphatic rings. The first-order chi connectivity index (χ1) is 8.38. The lowest BCUT2D eigenvalue weighted by Crippen LogP contribution is -2.22. The first-order valence-corrected chi connectivity index (χ1v) is 6.30. The second kappa shape index (κ2) is 6.14. The molecule has 0 atom stereocenters. The molecule has 1 aliphatic heterocycles. The van der Waals surface area contributed by atoms with Crippen molar-refractivity contribution in [3.63, 3.8) is 0 Å². The monoisotopic (exact) mass is 228 g/mol. The highest BCUT2D eigenvalue weighted by atomic mass is 15.3. The van der Waals surface area contributed by atoms with Gasteiger partial charge in [0.05, 0.1) is 6.67 Å². The van der Waals surface area contributed by atoms with E-state index in [0.717, 1.165) is 13.2 Å². The number of rotatable bonds is 5. The predicted molar refractivity (Wildman–Crippen MR) is 72.9 cm³/mol. The summed E-state index contributed by atoms with van der Waals surface area (Å²) in [5, 5.41) is 0. The van der Waals surface area contributed by atoms with Crippen molar-refractivity contribution in [2.45, 2.75) is 19.8 Å². The van der Waals surface area contributed by atoms with Crippen LogP contribution in [0.15, 0.2) is 48.9 Å². The van der Waals surface area contributed by atoms with Crippen molar-refractivity contribution >= 4 is 6.08 Å². The Balaban J connectivity index is 1.82. The van der Waals surface area contributed by atoms with Gasteiger partial charge in [-0.05, 0) is 18.1 Å². The van der Waals surface area contributed by atoms with E-state index in [-0.39, 0.29) is 0 Å². The van der Waals surface area contributed by atoms with Crippen molar-refractivity contribution < 1.29 is 0 Å². The normalized spacial score (nSPS) is 15.1. The summed E-state index contributed by atoms with van der Waals surface area (Å²) < 4.78 is 0. The molecular weight excluding hydrogens is 208 g/mol.